The van der Waals surface area contributed by atoms with E-state index < -0.39 is 120 Å². The van der Waals surface area contributed by atoms with E-state index in [0.717, 1.165) is 10.5 Å². The number of carboxylic acids is 2. The van der Waals surface area contributed by atoms with Crippen molar-refractivity contribution in [3.8, 4) is 0 Å². The molecular weight excluding hydrogens is 951 g/mol. The summed E-state index contributed by atoms with van der Waals surface area (Å²) in [7, 11) is 2.79. The molecule has 1 fully saturated rings. The molecule has 1 aliphatic rings. The number of likely N-dealkylation sites (N-methyl/N-ethyl adjacent to an activating group) is 1. The molecule has 25 heteroatoms. The Morgan fingerprint density at radius 1 is 0.808 bits per heavy atom. The molecule has 73 heavy (non-hydrogen) atoms. The minimum Gasteiger partial charge on any atom is -0.480 e. The van der Waals surface area contributed by atoms with Crippen LogP contribution in [-0.4, -0.2) is 150 Å². The normalized spacial score (nSPS) is 23.7. The largest absolute Gasteiger partial charge is 0.480 e. The number of carbonyl (C=O) groups excluding carboxylic acids is 7. The van der Waals surface area contributed by atoms with Gasteiger partial charge in [0.1, 0.15) is 35.9 Å². The highest BCUT2D eigenvalue weighted by Gasteiger charge is 2.34. The van der Waals surface area contributed by atoms with Crippen molar-refractivity contribution >= 4 is 65.2 Å². The van der Waals surface area contributed by atoms with Crippen molar-refractivity contribution in [1.82, 2.24) is 36.8 Å². The quantitative estimate of drug-likeness (QED) is 0.0274. The van der Waals surface area contributed by atoms with E-state index in [1.807, 2.05) is 43.3 Å². The average molecular weight is 1020 g/mol. The summed E-state index contributed by atoms with van der Waals surface area (Å²) in [4.78, 5) is 129. The van der Waals surface area contributed by atoms with Gasteiger partial charge in [0, 0.05) is 39.6 Å². The van der Waals surface area contributed by atoms with Crippen LogP contribution in [-0.2, 0) is 54.3 Å². The topological polar surface area (TPSA) is 408 Å². The Hall–Kier alpha value is -7.83. The molecule has 1 aromatic rings. The maximum absolute atomic E-state index is 14.3. The Morgan fingerprint density at radius 2 is 1.36 bits per heavy atom. The molecule has 2 rings (SSSR count). The molecule has 9 unspecified atom stereocenters. The molecule has 25 nitrogen and oxygen atoms in total. The molecule has 0 aliphatic carbocycles. The number of guanidine groups is 2. The molecular formula is C48H73N13O12. The maximum Gasteiger partial charge on any atom is 0.326 e. The molecule has 1 aromatic carbocycles. The Morgan fingerprint density at radius 3 is 1.90 bits per heavy atom. The smallest absolute Gasteiger partial charge is 0.326 e. The van der Waals surface area contributed by atoms with Crippen LogP contribution in [0.1, 0.15) is 78.2 Å². The number of ether oxygens (including phenoxy) is 1. The second-order valence-electron chi connectivity index (χ2n) is 17.6. The molecule has 1 aliphatic heterocycles. The first kappa shape index (κ1) is 61.3. The number of hydrogen-bond acceptors (Lipinski definition) is 12. The van der Waals surface area contributed by atoms with Gasteiger partial charge in [-0.1, -0.05) is 74.6 Å². The fraction of sp³-hybridized carbons (Fsp3) is 0.521. The van der Waals surface area contributed by atoms with Gasteiger partial charge < -0.3 is 74.7 Å². The Bertz CT molecular complexity index is 2250. The number of aliphatic imine (C=N–C) groups is 2. The van der Waals surface area contributed by atoms with Crippen LogP contribution in [0.25, 0.3) is 0 Å². The Kier molecular flexibility index (Phi) is 25.9. The van der Waals surface area contributed by atoms with Crippen molar-refractivity contribution in [2.75, 3.05) is 27.2 Å². The van der Waals surface area contributed by atoms with Gasteiger partial charge in [0.25, 0.3) is 5.91 Å². The molecule has 0 radical (unpaired) electrons. The van der Waals surface area contributed by atoms with Crippen molar-refractivity contribution in [3.05, 3.63) is 72.0 Å². The standard InChI is InChI=1S/C48H73N13O12/c1-26(23-27(2)37(73-7)24-31-13-9-8-10-14-31)17-18-32-28(3)40(64)59-35(45(69)70)19-20-39(63)61(6)30(5)42(66)55-29(4)41(65)58-34(16-12-22-54-48(51)52)44(68)60-36(46(71)72)25-38(62)56-33(43(67)57-32)15-11-21-53-47(49)50/h8-10,13-14,17-18,23,27-29,32-37H,5,11-12,15-16,19-22,24-25H2,1-4,6-7H3,(H,55,66)(H,56,62)(H,57,67)(H,58,65)(H,59,64)(H,60,68)(H,69,70)(H,71,72)(H4,49,50,53)(H4,51,52,54). The molecule has 402 valence electrons. The summed E-state index contributed by atoms with van der Waals surface area (Å²) in [5, 5.41) is 35.1. The van der Waals surface area contributed by atoms with Crippen LogP contribution in [0.2, 0.25) is 0 Å². The molecule has 0 saturated carbocycles. The van der Waals surface area contributed by atoms with E-state index in [1.54, 1.807) is 20.1 Å². The first-order valence-corrected chi connectivity index (χ1v) is 23.6. The zero-order valence-electron chi connectivity index (χ0n) is 42.2. The van der Waals surface area contributed by atoms with Crippen molar-refractivity contribution in [1.29, 1.82) is 0 Å². The van der Waals surface area contributed by atoms with E-state index >= 15 is 0 Å². The highest BCUT2D eigenvalue weighted by molar-refractivity contribution is 6.00. The first-order valence-electron chi connectivity index (χ1n) is 23.6. The van der Waals surface area contributed by atoms with E-state index in [-0.39, 0.29) is 62.7 Å². The number of benzene rings is 1. The predicted molar refractivity (Wildman–Crippen MR) is 270 cm³/mol. The van der Waals surface area contributed by atoms with Gasteiger partial charge >= 0.3 is 11.9 Å². The predicted octanol–water partition coefficient (Wildman–Crippen LogP) is -1.62. The van der Waals surface area contributed by atoms with Crippen molar-refractivity contribution < 1.29 is 58.1 Å². The van der Waals surface area contributed by atoms with E-state index in [2.05, 4.69) is 48.5 Å². The van der Waals surface area contributed by atoms with Crippen LogP contribution in [0, 0.1) is 11.8 Å². The minimum atomic E-state index is -1.91. The van der Waals surface area contributed by atoms with E-state index in [1.165, 1.54) is 27.0 Å². The lowest BCUT2D eigenvalue weighted by molar-refractivity contribution is -0.144. The van der Waals surface area contributed by atoms with Gasteiger partial charge in [-0.05, 0) is 57.9 Å². The number of nitrogens with zero attached hydrogens (tertiary/aromatic N) is 3. The van der Waals surface area contributed by atoms with E-state index in [9.17, 15) is 53.4 Å². The lowest BCUT2D eigenvalue weighted by Crippen LogP contribution is -2.56. The lowest BCUT2D eigenvalue weighted by atomic mass is 9.94. The summed E-state index contributed by atoms with van der Waals surface area (Å²) in [6.45, 7) is 10.1. The van der Waals surface area contributed by atoms with Gasteiger partial charge in [-0.2, -0.15) is 0 Å². The lowest BCUT2D eigenvalue weighted by Gasteiger charge is -2.27. The van der Waals surface area contributed by atoms with Crippen molar-refractivity contribution in [2.45, 2.75) is 121 Å². The van der Waals surface area contributed by atoms with Crippen LogP contribution in [0.3, 0.4) is 0 Å². The average Bonchev–Trinajstić information content (AvgIpc) is 3.33. The second-order valence-corrected chi connectivity index (χ2v) is 17.6. The van der Waals surface area contributed by atoms with Crippen LogP contribution in [0.15, 0.2) is 76.4 Å². The third-order valence-corrected chi connectivity index (χ3v) is 11.7. The second kappa shape index (κ2) is 30.8. The van der Waals surface area contributed by atoms with Crippen molar-refractivity contribution in [2.24, 2.45) is 44.8 Å². The molecule has 1 heterocycles. The minimum absolute atomic E-state index is 0.00175. The number of carboxylic acid groups (broad SMARTS) is 2. The number of aliphatic carboxylic acids is 2. The number of methoxy groups -OCH3 is 1. The van der Waals surface area contributed by atoms with Crippen LogP contribution >= 0.6 is 0 Å². The third kappa shape index (κ3) is 22.0. The number of nitrogens with one attached hydrogen (secondary N) is 6. The van der Waals surface area contributed by atoms with Gasteiger partial charge in [0.2, 0.25) is 35.4 Å². The summed E-state index contributed by atoms with van der Waals surface area (Å²) in [5.41, 5.74) is 23.1. The van der Waals surface area contributed by atoms with Gasteiger partial charge in [-0.15, -0.1) is 0 Å². The number of hydrogen-bond donors (Lipinski definition) is 12. The van der Waals surface area contributed by atoms with Crippen LogP contribution < -0.4 is 54.8 Å². The fourth-order valence-corrected chi connectivity index (χ4v) is 7.33. The summed E-state index contributed by atoms with van der Waals surface area (Å²) >= 11 is 0. The highest BCUT2D eigenvalue weighted by atomic mass is 16.5. The molecule has 0 aromatic heterocycles. The van der Waals surface area contributed by atoms with Gasteiger partial charge in [-0.25, -0.2) is 9.59 Å². The Labute approximate surface area is 424 Å². The zero-order chi connectivity index (χ0) is 54.9. The van der Waals surface area contributed by atoms with E-state index in [0.29, 0.717) is 12.0 Å². The SMILES string of the molecule is C=C1C(=O)NC(C)C(=O)NC(CCCN=C(N)N)C(=O)NC(C(=O)O)CC(=O)NC(CCCN=C(N)N)C(=O)NC(C=CC(C)=CC(C)C(Cc2ccccc2)OC)C(C)C(=O)NC(C(=O)O)CCC(=O)N1C. The number of nitrogens with two attached hydrogens (primary N) is 4. The van der Waals surface area contributed by atoms with Gasteiger partial charge in [0.15, 0.2) is 11.9 Å². The first-order chi connectivity index (χ1) is 34.3. The monoisotopic (exact) mass is 1020 g/mol. The number of rotatable bonds is 17. The summed E-state index contributed by atoms with van der Waals surface area (Å²) < 4.78 is 5.81. The highest BCUT2D eigenvalue weighted by Crippen LogP contribution is 2.18. The van der Waals surface area contributed by atoms with Crippen molar-refractivity contribution in [3.63, 3.8) is 0 Å². The fourth-order valence-electron chi connectivity index (χ4n) is 7.33. The third-order valence-electron chi connectivity index (χ3n) is 11.7. The molecule has 9 atom stereocenters. The number of carbonyl (C=O) groups is 9. The van der Waals surface area contributed by atoms with E-state index in [4.69, 9.17) is 27.7 Å². The number of amides is 7. The summed E-state index contributed by atoms with van der Waals surface area (Å²) in [6, 6.07) is 0.707. The molecule has 0 spiro atoms. The zero-order valence-corrected chi connectivity index (χ0v) is 42.2. The maximum atomic E-state index is 14.3. The molecule has 16 N–H and O–H groups in total. The van der Waals surface area contributed by atoms with Crippen LogP contribution in [0.5, 0.6) is 0 Å². The molecule has 7 amide bonds. The van der Waals surface area contributed by atoms with Gasteiger partial charge in [-0.3, -0.25) is 43.5 Å². The summed E-state index contributed by atoms with van der Waals surface area (Å²) in [6.07, 6.45) is 3.51. The van der Waals surface area contributed by atoms with Gasteiger partial charge in [0.05, 0.1) is 24.5 Å². The number of allylic oxidation sites excluding steroid dienone is 2. The summed E-state index contributed by atoms with van der Waals surface area (Å²) in [5.74, 6) is -11.5. The molecule has 0 bridgehead atoms. The van der Waals surface area contributed by atoms with Crippen LogP contribution in [0.4, 0.5) is 0 Å². The molecule has 1 saturated heterocycles. The Balaban J connectivity index is 2.70.